The van der Waals surface area contributed by atoms with E-state index in [-0.39, 0.29) is 11.8 Å². The van der Waals surface area contributed by atoms with E-state index >= 15 is 0 Å². The Kier molecular flexibility index (Phi) is 7.89. The first-order valence-electron chi connectivity index (χ1n) is 13.1. The molecule has 35 heavy (non-hydrogen) atoms. The van der Waals surface area contributed by atoms with Gasteiger partial charge in [-0.2, -0.15) is 0 Å². The molecular weight excluding hydrogens is 434 g/mol. The molecule has 0 amide bonds. The topological polar surface area (TPSA) is 30.9 Å². The minimum absolute atomic E-state index is 0.190. The zero-order valence-corrected chi connectivity index (χ0v) is 20.8. The van der Waals surface area contributed by atoms with Gasteiger partial charge < -0.3 is 19.1 Å². The molecule has 5 rings (SSSR count). The molecule has 2 heterocycles. The number of likely N-dealkylation sites (tertiary alicyclic amines) is 1. The van der Waals surface area contributed by atoms with Gasteiger partial charge in [0.05, 0.1) is 20.3 Å². The van der Waals surface area contributed by atoms with Gasteiger partial charge >= 0.3 is 0 Å². The highest BCUT2D eigenvalue weighted by Gasteiger charge is 2.33. The van der Waals surface area contributed by atoms with E-state index in [9.17, 15) is 0 Å². The fraction of sp³-hybridized carbons (Fsp3) is 0.419. The lowest BCUT2D eigenvalue weighted by atomic mass is 9.76. The zero-order valence-electron chi connectivity index (χ0n) is 20.8. The standard InChI is InChI=1S/C31H37NO3/c1-33-27-16-17-30-28(22-27)31(29(23-35-30)24-10-4-2-5-11-24)25-12-14-26(15-13-25)34-21-9-8-20-32-18-6-3-7-19-32/h2,4-5,10-17,22,29,31H,3,6-9,18-21,23H2,1H3. The summed E-state index contributed by atoms with van der Waals surface area (Å²) in [4.78, 5) is 2.60. The van der Waals surface area contributed by atoms with Gasteiger partial charge in [0.1, 0.15) is 17.2 Å². The molecule has 4 heteroatoms. The minimum Gasteiger partial charge on any atom is -0.497 e. The molecule has 3 aromatic carbocycles. The zero-order chi connectivity index (χ0) is 23.9. The molecule has 0 aliphatic carbocycles. The first-order chi connectivity index (χ1) is 17.3. The van der Waals surface area contributed by atoms with Crippen LogP contribution in [0.2, 0.25) is 0 Å². The Bertz CT molecular complexity index is 1060. The lowest BCUT2D eigenvalue weighted by Crippen LogP contribution is -2.30. The van der Waals surface area contributed by atoms with Gasteiger partial charge in [-0.1, -0.05) is 48.9 Å². The first kappa shape index (κ1) is 23.7. The summed E-state index contributed by atoms with van der Waals surface area (Å²) in [6.07, 6.45) is 6.42. The fourth-order valence-electron chi connectivity index (χ4n) is 5.50. The molecule has 0 bridgehead atoms. The summed E-state index contributed by atoms with van der Waals surface area (Å²) in [6, 6.07) is 25.5. The predicted octanol–water partition coefficient (Wildman–Crippen LogP) is 6.65. The average molecular weight is 472 g/mol. The van der Waals surface area contributed by atoms with Crippen LogP contribution in [-0.2, 0) is 0 Å². The van der Waals surface area contributed by atoms with Crippen LogP contribution in [0, 0.1) is 0 Å². The van der Waals surface area contributed by atoms with Crippen molar-refractivity contribution in [3.8, 4) is 17.2 Å². The van der Waals surface area contributed by atoms with E-state index in [0.717, 1.165) is 30.3 Å². The monoisotopic (exact) mass is 471 g/mol. The Morgan fingerprint density at radius 3 is 2.37 bits per heavy atom. The Hall–Kier alpha value is -2.98. The quantitative estimate of drug-likeness (QED) is 0.327. The van der Waals surface area contributed by atoms with Crippen molar-refractivity contribution in [3.05, 3.63) is 89.5 Å². The van der Waals surface area contributed by atoms with Crippen LogP contribution in [0.5, 0.6) is 17.2 Å². The number of piperidine rings is 1. The SMILES string of the molecule is COc1ccc2c(c1)C(c1ccc(OCCCCN3CCCCC3)cc1)C(c1ccccc1)CO2. The van der Waals surface area contributed by atoms with Crippen LogP contribution in [0.3, 0.4) is 0 Å². The Labute approximate surface area is 209 Å². The van der Waals surface area contributed by atoms with E-state index in [1.54, 1.807) is 7.11 Å². The van der Waals surface area contributed by atoms with Crippen LogP contribution >= 0.6 is 0 Å². The van der Waals surface area contributed by atoms with Crippen LogP contribution in [0.1, 0.15) is 60.6 Å². The normalized spacial score (nSPS) is 20.0. The number of methoxy groups -OCH3 is 1. The molecule has 0 saturated carbocycles. The molecule has 4 nitrogen and oxygen atoms in total. The molecule has 1 fully saturated rings. The van der Waals surface area contributed by atoms with E-state index in [4.69, 9.17) is 14.2 Å². The molecule has 0 N–H and O–H groups in total. The maximum atomic E-state index is 6.20. The minimum atomic E-state index is 0.190. The number of hydrogen-bond acceptors (Lipinski definition) is 4. The molecule has 0 spiro atoms. The van der Waals surface area contributed by atoms with Crippen LogP contribution in [0.4, 0.5) is 0 Å². The van der Waals surface area contributed by atoms with Crippen LogP contribution in [0.25, 0.3) is 0 Å². The number of benzene rings is 3. The second-order valence-electron chi connectivity index (χ2n) is 9.74. The molecule has 0 aromatic heterocycles. The van der Waals surface area contributed by atoms with Gasteiger partial charge in [-0.15, -0.1) is 0 Å². The number of hydrogen-bond donors (Lipinski definition) is 0. The second-order valence-corrected chi connectivity index (χ2v) is 9.74. The summed E-state index contributed by atoms with van der Waals surface area (Å²) in [7, 11) is 1.72. The largest absolute Gasteiger partial charge is 0.497 e. The van der Waals surface area contributed by atoms with Crippen molar-refractivity contribution in [2.45, 2.75) is 43.9 Å². The molecule has 2 unspecified atom stereocenters. The third-order valence-corrected chi connectivity index (χ3v) is 7.43. The number of unbranched alkanes of at least 4 members (excludes halogenated alkanes) is 1. The fourth-order valence-corrected chi connectivity index (χ4v) is 5.50. The van der Waals surface area contributed by atoms with E-state index in [1.807, 2.05) is 12.1 Å². The number of ether oxygens (including phenoxy) is 3. The van der Waals surface area contributed by atoms with Crippen molar-refractivity contribution in [3.63, 3.8) is 0 Å². The van der Waals surface area contributed by atoms with Crippen LogP contribution < -0.4 is 14.2 Å². The summed E-state index contributed by atoms with van der Waals surface area (Å²) in [6.45, 7) is 5.18. The Morgan fingerprint density at radius 1 is 0.829 bits per heavy atom. The van der Waals surface area contributed by atoms with Crippen LogP contribution in [-0.4, -0.2) is 44.9 Å². The smallest absolute Gasteiger partial charge is 0.123 e. The molecule has 2 atom stereocenters. The summed E-state index contributed by atoms with van der Waals surface area (Å²) < 4.78 is 17.8. The molecule has 2 aliphatic heterocycles. The van der Waals surface area contributed by atoms with Crippen LogP contribution in [0.15, 0.2) is 72.8 Å². The van der Waals surface area contributed by atoms with Gasteiger partial charge in [0, 0.05) is 17.4 Å². The lowest BCUT2D eigenvalue weighted by molar-refractivity contribution is 0.216. The van der Waals surface area contributed by atoms with Crippen molar-refractivity contribution in [2.24, 2.45) is 0 Å². The van der Waals surface area contributed by atoms with Gasteiger partial charge in [0.15, 0.2) is 0 Å². The third kappa shape index (κ3) is 5.82. The van der Waals surface area contributed by atoms with E-state index in [2.05, 4.69) is 65.6 Å². The summed E-state index contributed by atoms with van der Waals surface area (Å²) in [5.41, 5.74) is 3.74. The first-order valence-corrected chi connectivity index (χ1v) is 13.1. The molecule has 1 saturated heterocycles. The molecule has 2 aliphatic rings. The summed E-state index contributed by atoms with van der Waals surface area (Å²) >= 11 is 0. The van der Waals surface area contributed by atoms with Crippen molar-refractivity contribution in [1.82, 2.24) is 4.90 Å². The number of fused-ring (bicyclic) bond motifs is 1. The van der Waals surface area contributed by atoms with E-state index < -0.39 is 0 Å². The number of nitrogens with zero attached hydrogens (tertiary/aromatic N) is 1. The summed E-state index contributed by atoms with van der Waals surface area (Å²) in [5, 5.41) is 0. The molecule has 184 valence electrons. The third-order valence-electron chi connectivity index (χ3n) is 7.43. The van der Waals surface area contributed by atoms with Crippen molar-refractivity contribution >= 4 is 0 Å². The van der Waals surface area contributed by atoms with Gasteiger partial charge in [-0.3, -0.25) is 0 Å². The highest BCUT2D eigenvalue weighted by Crippen LogP contribution is 2.47. The van der Waals surface area contributed by atoms with Gasteiger partial charge in [-0.05, 0) is 86.8 Å². The molecular formula is C31H37NO3. The lowest BCUT2D eigenvalue weighted by Gasteiger charge is -2.34. The highest BCUT2D eigenvalue weighted by molar-refractivity contribution is 5.51. The van der Waals surface area contributed by atoms with E-state index in [1.165, 1.54) is 62.0 Å². The summed E-state index contributed by atoms with van der Waals surface area (Å²) in [5.74, 6) is 3.17. The molecule has 3 aromatic rings. The highest BCUT2D eigenvalue weighted by atomic mass is 16.5. The van der Waals surface area contributed by atoms with Crippen molar-refractivity contribution in [1.29, 1.82) is 0 Å². The molecule has 0 radical (unpaired) electrons. The van der Waals surface area contributed by atoms with Crippen molar-refractivity contribution < 1.29 is 14.2 Å². The Morgan fingerprint density at radius 2 is 1.60 bits per heavy atom. The second kappa shape index (κ2) is 11.6. The van der Waals surface area contributed by atoms with Gasteiger partial charge in [0.2, 0.25) is 0 Å². The maximum Gasteiger partial charge on any atom is 0.123 e. The Balaban J connectivity index is 1.27. The predicted molar refractivity (Wildman–Crippen MR) is 141 cm³/mol. The van der Waals surface area contributed by atoms with Gasteiger partial charge in [-0.25, -0.2) is 0 Å². The van der Waals surface area contributed by atoms with Gasteiger partial charge in [0.25, 0.3) is 0 Å². The van der Waals surface area contributed by atoms with E-state index in [0.29, 0.717) is 6.61 Å². The number of rotatable bonds is 9. The van der Waals surface area contributed by atoms with Crippen molar-refractivity contribution in [2.75, 3.05) is 40.0 Å². The maximum absolute atomic E-state index is 6.20. The average Bonchev–Trinajstić information content (AvgIpc) is 2.93.